The summed E-state index contributed by atoms with van der Waals surface area (Å²) in [5, 5.41) is 7.26. The third kappa shape index (κ3) is 4.10. The molecule has 24 heavy (non-hydrogen) atoms. The molecule has 1 aromatic heterocycles. The molecule has 0 unspecified atom stereocenters. The number of amides is 1. The highest BCUT2D eigenvalue weighted by molar-refractivity contribution is 5.93. The van der Waals surface area contributed by atoms with Crippen LogP contribution in [-0.2, 0) is 6.54 Å². The molecule has 0 radical (unpaired) electrons. The van der Waals surface area contributed by atoms with Gasteiger partial charge in [-0.05, 0) is 17.0 Å². The Kier molecular flexibility index (Phi) is 5.06. The van der Waals surface area contributed by atoms with Crippen molar-refractivity contribution in [2.75, 3.05) is 6.54 Å². The Balaban J connectivity index is 1.56. The summed E-state index contributed by atoms with van der Waals surface area (Å²) >= 11 is 0. The van der Waals surface area contributed by atoms with Gasteiger partial charge in [-0.3, -0.25) is 9.48 Å². The van der Waals surface area contributed by atoms with E-state index in [9.17, 15) is 4.79 Å². The van der Waals surface area contributed by atoms with Gasteiger partial charge >= 0.3 is 0 Å². The normalized spacial score (nSPS) is 11.9. The fraction of sp³-hybridized carbons (Fsp3) is 0.200. The number of nitrogens with zero attached hydrogens (tertiary/aromatic N) is 2. The lowest BCUT2D eigenvalue weighted by molar-refractivity contribution is 0.0951. The van der Waals surface area contributed by atoms with E-state index in [4.69, 9.17) is 0 Å². The zero-order valence-electron chi connectivity index (χ0n) is 13.7. The molecule has 0 saturated heterocycles. The quantitative estimate of drug-likeness (QED) is 0.756. The summed E-state index contributed by atoms with van der Waals surface area (Å²) < 4.78 is 1.78. The molecule has 0 spiro atoms. The molecule has 0 aliphatic heterocycles. The van der Waals surface area contributed by atoms with Crippen LogP contribution >= 0.6 is 0 Å². The van der Waals surface area contributed by atoms with Crippen LogP contribution in [0.2, 0.25) is 0 Å². The van der Waals surface area contributed by atoms with Crippen LogP contribution in [0.15, 0.2) is 73.1 Å². The molecular formula is C20H21N3O. The number of hydrogen-bond acceptors (Lipinski definition) is 2. The molecule has 2 aromatic carbocycles. The van der Waals surface area contributed by atoms with Crippen molar-refractivity contribution in [3.63, 3.8) is 0 Å². The third-order valence-electron chi connectivity index (χ3n) is 4.02. The molecule has 122 valence electrons. The molecule has 4 nitrogen and oxygen atoms in total. The van der Waals surface area contributed by atoms with E-state index in [1.807, 2.05) is 48.5 Å². The van der Waals surface area contributed by atoms with E-state index in [1.54, 1.807) is 17.1 Å². The van der Waals surface area contributed by atoms with Gasteiger partial charge in [0, 0.05) is 12.7 Å². The number of rotatable bonds is 6. The van der Waals surface area contributed by atoms with E-state index in [2.05, 4.69) is 29.5 Å². The predicted molar refractivity (Wildman–Crippen MR) is 95.0 cm³/mol. The van der Waals surface area contributed by atoms with Crippen molar-refractivity contribution >= 4 is 5.91 Å². The fourth-order valence-electron chi connectivity index (χ4n) is 2.59. The van der Waals surface area contributed by atoms with E-state index < -0.39 is 0 Å². The highest BCUT2D eigenvalue weighted by Gasteiger charge is 2.11. The third-order valence-corrected chi connectivity index (χ3v) is 4.02. The molecular weight excluding hydrogens is 298 g/mol. The minimum absolute atomic E-state index is 0.0860. The number of benzene rings is 2. The van der Waals surface area contributed by atoms with Gasteiger partial charge < -0.3 is 5.32 Å². The predicted octanol–water partition coefficient (Wildman–Crippen LogP) is 3.46. The van der Waals surface area contributed by atoms with Gasteiger partial charge in [0.05, 0.1) is 18.3 Å². The van der Waals surface area contributed by atoms with Gasteiger partial charge in [0.15, 0.2) is 0 Å². The van der Waals surface area contributed by atoms with Gasteiger partial charge in [-0.1, -0.05) is 67.6 Å². The van der Waals surface area contributed by atoms with Crippen molar-refractivity contribution in [3.05, 3.63) is 89.7 Å². The Bertz CT molecular complexity index is 781. The Labute approximate surface area is 142 Å². The number of hydrogen-bond donors (Lipinski definition) is 1. The number of nitrogens with one attached hydrogen (secondary N) is 1. The van der Waals surface area contributed by atoms with Crippen LogP contribution in [0.5, 0.6) is 0 Å². The van der Waals surface area contributed by atoms with E-state index >= 15 is 0 Å². The number of aromatic nitrogens is 2. The lowest BCUT2D eigenvalue weighted by Crippen LogP contribution is -2.27. The van der Waals surface area contributed by atoms with Crippen LogP contribution in [0, 0.1) is 0 Å². The van der Waals surface area contributed by atoms with Crippen LogP contribution < -0.4 is 5.32 Å². The van der Waals surface area contributed by atoms with Crippen LogP contribution in [-0.4, -0.2) is 22.2 Å². The second kappa shape index (κ2) is 7.59. The van der Waals surface area contributed by atoms with Gasteiger partial charge in [-0.25, -0.2) is 0 Å². The molecule has 3 rings (SSSR count). The van der Waals surface area contributed by atoms with Crippen molar-refractivity contribution < 1.29 is 4.79 Å². The van der Waals surface area contributed by atoms with Crippen molar-refractivity contribution in [2.45, 2.75) is 19.4 Å². The first-order chi connectivity index (χ1) is 11.7. The number of carbonyl (C=O) groups is 1. The first-order valence-electron chi connectivity index (χ1n) is 8.12. The maximum atomic E-state index is 12.3. The summed E-state index contributed by atoms with van der Waals surface area (Å²) in [4.78, 5) is 12.3. The van der Waals surface area contributed by atoms with Gasteiger partial charge in [-0.15, -0.1) is 0 Å². The summed E-state index contributed by atoms with van der Waals surface area (Å²) in [5.41, 5.74) is 2.97. The van der Waals surface area contributed by atoms with Gasteiger partial charge in [0.1, 0.15) is 0 Å². The lowest BCUT2D eigenvalue weighted by atomic mass is 10.0. The highest BCUT2D eigenvalue weighted by atomic mass is 16.1. The summed E-state index contributed by atoms with van der Waals surface area (Å²) in [6, 6.07) is 20.3. The van der Waals surface area contributed by atoms with Crippen molar-refractivity contribution in [1.82, 2.24) is 15.1 Å². The van der Waals surface area contributed by atoms with Crippen molar-refractivity contribution in [2.24, 2.45) is 0 Å². The maximum absolute atomic E-state index is 12.3. The Morgan fingerprint density at radius 2 is 1.75 bits per heavy atom. The average molecular weight is 319 g/mol. The van der Waals surface area contributed by atoms with E-state index in [1.165, 1.54) is 5.56 Å². The summed E-state index contributed by atoms with van der Waals surface area (Å²) in [6.45, 7) is 3.37. The lowest BCUT2D eigenvalue weighted by Gasteiger charge is -2.12. The second-order valence-electron chi connectivity index (χ2n) is 5.93. The minimum atomic E-state index is -0.0860. The molecule has 1 amide bonds. The molecule has 4 heteroatoms. The van der Waals surface area contributed by atoms with Gasteiger partial charge in [0.2, 0.25) is 0 Å². The summed E-state index contributed by atoms with van der Waals surface area (Å²) in [7, 11) is 0. The molecule has 1 heterocycles. The standard InChI is InChI=1S/C20H21N3O/c1-16(18-10-6-3-7-11-18)12-21-20(24)19-13-22-23(15-19)14-17-8-4-2-5-9-17/h2-11,13,15-16H,12,14H2,1H3,(H,21,24)/t16-/m0/s1. The second-order valence-corrected chi connectivity index (χ2v) is 5.93. The van der Waals surface area contributed by atoms with Gasteiger partial charge in [0.25, 0.3) is 5.91 Å². The largest absolute Gasteiger partial charge is 0.351 e. The first-order valence-corrected chi connectivity index (χ1v) is 8.12. The molecule has 1 atom stereocenters. The monoisotopic (exact) mass is 319 g/mol. The van der Waals surface area contributed by atoms with E-state index in [0.717, 1.165) is 5.56 Å². The Morgan fingerprint density at radius 3 is 2.46 bits per heavy atom. The van der Waals surface area contributed by atoms with Crippen molar-refractivity contribution in [1.29, 1.82) is 0 Å². The molecule has 0 aliphatic rings. The smallest absolute Gasteiger partial charge is 0.254 e. The highest BCUT2D eigenvalue weighted by Crippen LogP contribution is 2.13. The number of carbonyl (C=O) groups excluding carboxylic acids is 1. The van der Waals surface area contributed by atoms with Crippen LogP contribution in [0.25, 0.3) is 0 Å². The summed E-state index contributed by atoms with van der Waals surface area (Å²) in [6.07, 6.45) is 3.40. The topological polar surface area (TPSA) is 46.9 Å². The zero-order chi connectivity index (χ0) is 16.8. The first kappa shape index (κ1) is 16.0. The molecule has 0 fully saturated rings. The Hall–Kier alpha value is -2.88. The summed E-state index contributed by atoms with van der Waals surface area (Å²) in [5.74, 6) is 0.187. The van der Waals surface area contributed by atoms with Crippen LogP contribution in [0.1, 0.15) is 34.3 Å². The average Bonchev–Trinajstić information content (AvgIpc) is 3.09. The molecule has 0 saturated carbocycles. The van der Waals surface area contributed by atoms with Crippen molar-refractivity contribution in [3.8, 4) is 0 Å². The molecule has 1 N–H and O–H groups in total. The maximum Gasteiger partial charge on any atom is 0.254 e. The fourth-order valence-corrected chi connectivity index (χ4v) is 2.59. The molecule has 0 bridgehead atoms. The minimum Gasteiger partial charge on any atom is -0.351 e. The SMILES string of the molecule is C[C@@H](CNC(=O)c1cnn(Cc2ccccc2)c1)c1ccccc1. The van der Waals surface area contributed by atoms with Gasteiger partial charge in [-0.2, -0.15) is 5.10 Å². The zero-order valence-corrected chi connectivity index (χ0v) is 13.7. The molecule has 0 aliphatic carbocycles. The van der Waals surface area contributed by atoms with Crippen LogP contribution in [0.4, 0.5) is 0 Å². The van der Waals surface area contributed by atoms with Crippen LogP contribution in [0.3, 0.4) is 0 Å². The van der Waals surface area contributed by atoms with E-state index in [0.29, 0.717) is 18.7 Å². The molecule has 3 aromatic rings. The Morgan fingerprint density at radius 1 is 1.08 bits per heavy atom. The van der Waals surface area contributed by atoms with E-state index in [-0.39, 0.29) is 11.8 Å².